The normalized spacial score (nSPS) is 22.4. The van der Waals surface area contributed by atoms with Crippen molar-refractivity contribution in [3.05, 3.63) is 18.0 Å². The van der Waals surface area contributed by atoms with Crippen LogP contribution in [0.1, 0.15) is 18.4 Å². The van der Waals surface area contributed by atoms with E-state index in [1.165, 1.54) is 0 Å². The second kappa shape index (κ2) is 3.90. The minimum absolute atomic E-state index is 0.434. The molecule has 1 aromatic heterocycles. The zero-order valence-electron chi connectivity index (χ0n) is 8.28. The van der Waals surface area contributed by atoms with Crippen LogP contribution in [0.2, 0.25) is 0 Å². The molecule has 1 saturated heterocycles. The van der Waals surface area contributed by atoms with Gasteiger partial charge in [0, 0.05) is 18.9 Å². The molecule has 1 fully saturated rings. The highest BCUT2D eigenvalue weighted by molar-refractivity contribution is 5.30. The van der Waals surface area contributed by atoms with Gasteiger partial charge < -0.3 is 4.90 Å². The van der Waals surface area contributed by atoms with Gasteiger partial charge in [-0.15, -0.1) is 0 Å². The molecule has 1 aliphatic heterocycles. The summed E-state index contributed by atoms with van der Waals surface area (Å²) in [5.41, 5.74) is 1.03. The molecular formula is C10H14FN3. The second-order valence-corrected chi connectivity index (χ2v) is 3.75. The van der Waals surface area contributed by atoms with Crippen molar-refractivity contribution in [1.82, 2.24) is 9.97 Å². The maximum absolute atomic E-state index is 13.1. The van der Waals surface area contributed by atoms with E-state index < -0.39 is 6.17 Å². The van der Waals surface area contributed by atoms with Crippen LogP contribution >= 0.6 is 0 Å². The SMILES string of the molecule is Cc1cnc(N2CCC[C@@H](F)C2)nc1. The molecule has 0 radical (unpaired) electrons. The molecule has 1 aromatic rings. The third-order valence-corrected chi connectivity index (χ3v) is 2.41. The molecule has 4 heteroatoms. The summed E-state index contributed by atoms with van der Waals surface area (Å²) in [6.07, 6.45) is 4.36. The predicted octanol–water partition coefficient (Wildman–Crippen LogP) is 1.72. The highest BCUT2D eigenvalue weighted by atomic mass is 19.1. The molecule has 2 heterocycles. The van der Waals surface area contributed by atoms with Gasteiger partial charge in [-0.25, -0.2) is 14.4 Å². The van der Waals surface area contributed by atoms with Gasteiger partial charge in [-0.3, -0.25) is 0 Å². The summed E-state index contributed by atoms with van der Waals surface area (Å²) in [5.74, 6) is 0.651. The average Bonchev–Trinajstić information content (AvgIpc) is 2.19. The van der Waals surface area contributed by atoms with E-state index in [0.29, 0.717) is 18.9 Å². The number of nitrogens with zero attached hydrogens (tertiary/aromatic N) is 3. The Labute approximate surface area is 83.0 Å². The van der Waals surface area contributed by atoms with Crippen molar-refractivity contribution in [2.24, 2.45) is 0 Å². The summed E-state index contributed by atoms with van der Waals surface area (Å²) in [6, 6.07) is 0. The van der Waals surface area contributed by atoms with E-state index in [9.17, 15) is 4.39 Å². The summed E-state index contributed by atoms with van der Waals surface area (Å²) >= 11 is 0. The van der Waals surface area contributed by atoms with Crippen molar-refractivity contribution >= 4 is 5.95 Å². The van der Waals surface area contributed by atoms with Crippen molar-refractivity contribution in [2.75, 3.05) is 18.0 Å². The molecule has 1 aliphatic rings. The fourth-order valence-corrected chi connectivity index (χ4v) is 1.66. The molecule has 0 bridgehead atoms. The Balaban J connectivity index is 2.10. The number of aryl methyl sites for hydroxylation is 1. The standard InChI is InChI=1S/C10H14FN3/c1-8-5-12-10(13-6-8)14-4-2-3-9(11)7-14/h5-6,9H,2-4,7H2,1H3/t9-/m1/s1. The number of alkyl halides is 1. The van der Waals surface area contributed by atoms with Gasteiger partial charge in [0.25, 0.3) is 0 Å². The van der Waals surface area contributed by atoms with E-state index in [1.807, 2.05) is 11.8 Å². The van der Waals surface area contributed by atoms with Crippen LogP contribution < -0.4 is 4.90 Å². The van der Waals surface area contributed by atoms with Gasteiger partial charge >= 0.3 is 0 Å². The van der Waals surface area contributed by atoms with Crippen molar-refractivity contribution in [1.29, 1.82) is 0 Å². The highest BCUT2D eigenvalue weighted by Crippen LogP contribution is 2.17. The lowest BCUT2D eigenvalue weighted by molar-refractivity contribution is 0.285. The van der Waals surface area contributed by atoms with E-state index in [0.717, 1.165) is 18.5 Å². The Morgan fingerprint density at radius 3 is 2.79 bits per heavy atom. The molecule has 14 heavy (non-hydrogen) atoms. The number of anilines is 1. The molecular weight excluding hydrogens is 181 g/mol. The molecule has 3 nitrogen and oxygen atoms in total. The van der Waals surface area contributed by atoms with E-state index in [2.05, 4.69) is 9.97 Å². The lowest BCUT2D eigenvalue weighted by Gasteiger charge is -2.28. The zero-order chi connectivity index (χ0) is 9.97. The summed E-state index contributed by atoms with van der Waals surface area (Å²) < 4.78 is 13.1. The monoisotopic (exact) mass is 195 g/mol. The van der Waals surface area contributed by atoms with Gasteiger partial charge in [0.2, 0.25) is 5.95 Å². The van der Waals surface area contributed by atoms with E-state index in [1.54, 1.807) is 12.4 Å². The number of rotatable bonds is 1. The van der Waals surface area contributed by atoms with Gasteiger partial charge in [0.05, 0.1) is 6.54 Å². The quantitative estimate of drug-likeness (QED) is 0.683. The van der Waals surface area contributed by atoms with Gasteiger partial charge in [-0.2, -0.15) is 0 Å². The fourth-order valence-electron chi connectivity index (χ4n) is 1.66. The first-order valence-corrected chi connectivity index (χ1v) is 4.93. The minimum atomic E-state index is -0.728. The molecule has 76 valence electrons. The predicted molar refractivity (Wildman–Crippen MR) is 53.1 cm³/mol. The largest absolute Gasteiger partial charge is 0.338 e. The molecule has 0 aliphatic carbocycles. The topological polar surface area (TPSA) is 29.0 Å². The van der Waals surface area contributed by atoms with E-state index >= 15 is 0 Å². The summed E-state index contributed by atoms with van der Waals surface area (Å²) in [4.78, 5) is 10.3. The van der Waals surface area contributed by atoms with E-state index in [-0.39, 0.29) is 0 Å². The third kappa shape index (κ3) is 2.00. The zero-order valence-corrected chi connectivity index (χ0v) is 8.28. The summed E-state index contributed by atoms with van der Waals surface area (Å²) in [5, 5.41) is 0. The van der Waals surface area contributed by atoms with Crippen molar-refractivity contribution in [3.8, 4) is 0 Å². The van der Waals surface area contributed by atoms with Crippen LogP contribution in [0.5, 0.6) is 0 Å². The van der Waals surface area contributed by atoms with Crippen LogP contribution in [0.3, 0.4) is 0 Å². The highest BCUT2D eigenvalue weighted by Gasteiger charge is 2.20. The maximum Gasteiger partial charge on any atom is 0.225 e. The Bertz CT molecular complexity index is 299. The average molecular weight is 195 g/mol. The first-order chi connectivity index (χ1) is 6.75. The first-order valence-electron chi connectivity index (χ1n) is 4.93. The lowest BCUT2D eigenvalue weighted by Crippen LogP contribution is -2.37. The van der Waals surface area contributed by atoms with Crippen LogP contribution in [0.25, 0.3) is 0 Å². The molecule has 2 rings (SSSR count). The maximum atomic E-state index is 13.1. The first kappa shape index (κ1) is 9.37. The fraction of sp³-hybridized carbons (Fsp3) is 0.600. The van der Waals surface area contributed by atoms with Gasteiger partial charge in [-0.05, 0) is 25.3 Å². The summed E-state index contributed by atoms with van der Waals surface area (Å²) in [7, 11) is 0. The van der Waals surface area contributed by atoms with Crippen molar-refractivity contribution in [2.45, 2.75) is 25.9 Å². The molecule has 0 aromatic carbocycles. The Morgan fingerprint density at radius 1 is 1.43 bits per heavy atom. The summed E-state index contributed by atoms with van der Waals surface area (Å²) in [6.45, 7) is 3.24. The smallest absolute Gasteiger partial charge is 0.225 e. The molecule has 0 N–H and O–H groups in total. The number of piperidine rings is 1. The van der Waals surface area contributed by atoms with Crippen LogP contribution in [0.4, 0.5) is 10.3 Å². The second-order valence-electron chi connectivity index (χ2n) is 3.75. The van der Waals surface area contributed by atoms with Crippen LogP contribution in [0.15, 0.2) is 12.4 Å². The number of hydrogen-bond donors (Lipinski definition) is 0. The lowest BCUT2D eigenvalue weighted by atomic mass is 10.1. The van der Waals surface area contributed by atoms with Crippen LogP contribution in [-0.4, -0.2) is 29.2 Å². The van der Waals surface area contributed by atoms with Crippen LogP contribution in [-0.2, 0) is 0 Å². The molecule has 0 saturated carbocycles. The van der Waals surface area contributed by atoms with Gasteiger partial charge in [0.15, 0.2) is 0 Å². The van der Waals surface area contributed by atoms with Crippen LogP contribution in [0, 0.1) is 6.92 Å². The van der Waals surface area contributed by atoms with E-state index in [4.69, 9.17) is 0 Å². The number of halogens is 1. The van der Waals surface area contributed by atoms with Gasteiger partial charge in [0.1, 0.15) is 6.17 Å². The third-order valence-electron chi connectivity index (χ3n) is 2.41. The minimum Gasteiger partial charge on any atom is -0.338 e. The molecule has 0 amide bonds. The Kier molecular flexibility index (Phi) is 2.61. The number of hydrogen-bond acceptors (Lipinski definition) is 3. The molecule has 0 unspecified atom stereocenters. The van der Waals surface area contributed by atoms with Gasteiger partial charge in [-0.1, -0.05) is 0 Å². The molecule has 1 atom stereocenters. The Morgan fingerprint density at radius 2 is 2.14 bits per heavy atom. The van der Waals surface area contributed by atoms with Crippen molar-refractivity contribution in [3.63, 3.8) is 0 Å². The Hall–Kier alpha value is -1.19. The molecule has 0 spiro atoms. The van der Waals surface area contributed by atoms with Crippen molar-refractivity contribution < 1.29 is 4.39 Å². The number of aromatic nitrogens is 2.